The number of morpholine rings is 1. The second-order valence-corrected chi connectivity index (χ2v) is 14.1. The van der Waals surface area contributed by atoms with Gasteiger partial charge in [-0.15, -0.1) is 0 Å². The molecule has 0 radical (unpaired) electrons. The average molecular weight is 760 g/mol. The van der Waals surface area contributed by atoms with Gasteiger partial charge in [0.05, 0.1) is 35.4 Å². The normalized spacial score (nSPS) is 16.5. The monoisotopic (exact) mass is 758 g/mol. The average Bonchev–Trinajstić information content (AvgIpc) is 3.17. The quantitative estimate of drug-likeness (QED) is 0.120. The smallest absolute Gasteiger partial charge is 0.320 e. The van der Waals surface area contributed by atoms with Gasteiger partial charge in [-0.2, -0.15) is 5.26 Å². The molecule has 53 heavy (non-hydrogen) atoms. The Morgan fingerprint density at radius 2 is 1.74 bits per heavy atom. The molecule has 1 atom stereocenters. The van der Waals surface area contributed by atoms with Crippen molar-refractivity contribution >= 4 is 29.2 Å². The number of benzene rings is 3. The Labute approximate surface area is 320 Å². The van der Waals surface area contributed by atoms with Gasteiger partial charge in [-0.3, -0.25) is 19.6 Å². The van der Waals surface area contributed by atoms with Crippen molar-refractivity contribution in [3.63, 3.8) is 0 Å². The van der Waals surface area contributed by atoms with Crippen LogP contribution in [0.3, 0.4) is 0 Å². The maximum atomic E-state index is 12.1. The molecule has 2 saturated heterocycles. The van der Waals surface area contributed by atoms with Crippen LogP contribution in [0, 0.1) is 18.3 Å². The zero-order valence-corrected chi connectivity index (χ0v) is 31.4. The highest BCUT2D eigenvalue weighted by atomic mass is 35.5. The van der Waals surface area contributed by atoms with Gasteiger partial charge in [0.15, 0.2) is 0 Å². The Bertz CT molecular complexity index is 1930. The van der Waals surface area contributed by atoms with Crippen LogP contribution < -0.4 is 14.2 Å². The minimum Gasteiger partial charge on any atom is -0.493 e. The fourth-order valence-corrected chi connectivity index (χ4v) is 7.35. The van der Waals surface area contributed by atoms with E-state index in [1.54, 1.807) is 24.4 Å². The van der Waals surface area contributed by atoms with Crippen molar-refractivity contribution in [2.75, 3.05) is 46.0 Å². The molecule has 0 aliphatic carbocycles. The Balaban J connectivity index is 1.18. The van der Waals surface area contributed by atoms with Crippen LogP contribution in [-0.4, -0.2) is 77.9 Å². The van der Waals surface area contributed by atoms with Crippen molar-refractivity contribution in [3.05, 3.63) is 105 Å². The molecule has 1 aromatic heterocycles. The van der Waals surface area contributed by atoms with E-state index in [0.29, 0.717) is 53.2 Å². The number of aliphatic carboxylic acids is 1. The fraction of sp³-hybridized carbons (Fsp3) is 0.390. The first-order chi connectivity index (χ1) is 25.8. The Morgan fingerprint density at radius 3 is 2.55 bits per heavy atom. The fourth-order valence-electron chi connectivity index (χ4n) is 6.82. The van der Waals surface area contributed by atoms with Gasteiger partial charge >= 0.3 is 5.97 Å². The van der Waals surface area contributed by atoms with Crippen LogP contribution in [0.25, 0.3) is 11.1 Å². The molecule has 2 aliphatic rings. The molecule has 0 amide bonds. The van der Waals surface area contributed by atoms with Gasteiger partial charge in [0.2, 0.25) is 0 Å². The van der Waals surface area contributed by atoms with Gasteiger partial charge < -0.3 is 24.1 Å². The first-order valence-electron chi connectivity index (χ1n) is 18.0. The molecular formula is C41H44Cl2N4O6. The highest BCUT2D eigenvalue weighted by molar-refractivity contribution is 6.34. The number of ether oxygens (including phenoxy) is 4. The van der Waals surface area contributed by atoms with Crippen LogP contribution in [0.2, 0.25) is 10.0 Å². The Hall–Kier alpha value is -4.37. The first kappa shape index (κ1) is 38.4. The van der Waals surface area contributed by atoms with Gasteiger partial charge in [0.1, 0.15) is 42.6 Å². The molecule has 278 valence electrons. The Kier molecular flexibility index (Phi) is 13.5. The van der Waals surface area contributed by atoms with Crippen LogP contribution >= 0.6 is 23.2 Å². The van der Waals surface area contributed by atoms with Gasteiger partial charge in [0, 0.05) is 66.9 Å². The summed E-state index contributed by atoms with van der Waals surface area (Å²) < 4.78 is 24.3. The molecule has 12 heteroatoms. The summed E-state index contributed by atoms with van der Waals surface area (Å²) in [6.45, 7) is 8.42. The molecule has 3 heterocycles. The third kappa shape index (κ3) is 9.99. The lowest BCUT2D eigenvalue weighted by Gasteiger charge is -2.33. The number of pyridine rings is 1. The van der Waals surface area contributed by atoms with Gasteiger partial charge in [0.25, 0.3) is 0 Å². The van der Waals surface area contributed by atoms with Crippen LogP contribution in [0.4, 0.5) is 0 Å². The van der Waals surface area contributed by atoms with Gasteiger partial charge in [-0.05, 0) is 62.1 Å². The molecule has 1 unspecified atom stereocenters. The maximum Gasteiger partial charge on any atom is 0.320 e. The predicted octanol–water partition coefficient (Wildman–Crippen LogP) is 7.93. The van der Waals surface area contributed by atoms with Crippen molar-refractivity contribution in [1.29, 1.82) is 5.26 Å². The molecule has 10 nitrogen and oxygen atoms in total. The molecule has 0 spiro atoms. The number of carboxylic acids is 1. The first-order valence-corrected chi connectivity index (χ1v) is 18.8. The lowest BCUT2D eigenvalue weighted by atomic mass is 9.98. The zero-order chi connectivity index (χ0) is 37.2. The second-order valence-electron chi connectivity index (χ2n) is 13.3. The minimum atomic E-state index is -0.842. The van der Waals surface area contributed by atoms with Crippen LogP contribution in [-0.2, 0) is 29.3 Å². The number of carboxylic acid groups (broad SMARTS) is 1. The van der Waals surface area contributed by atoms with E-state index >= 15 is 0 Å². The topological polar surface area (TPSA) is 117 Å². The van der Waals surface area contributed by atoms with E-state index in [4.69, 9.17) is 42.1 Å². The van der Waals surface area contributed by atoms with E-state index in [1.807, 2.05) is 48.2 Å². The number of carbonyl (C=O) groups is 1. The highest BCUT2D eigenvalue weighted by Crippen LogP contribution is 2.39. The Morgan fingerprint density at radius 1 is 0.943 bits per heavy atom. The predicted molar refractivity (Wildman–Crippen MR) is 204 cm³/mol. The number of nitriles is 1. The SMILES string of the molecule is Cc1c(OCCCN2CCOCC2)cccc1-c1cccc(COc2cc(OCc3cncc(C#N)c3)c(CN3CCCCC3C(=O)O)cc2Cl)c1Cl. The molecule has 0 saturated carbocycles. The van der Waals surface area contributed by atoms with E-state index in [9.17, 15) is 15.2 Å². The molecule has 2 aliphatic heterocycles. The van der Waals surface area contributed by atoms with Crippen molar-refractivity contribution < 1.29 is 28.8 Å². The summed E-state index contributed by atoms with van der Waals surface area (Å²) in [6.07, 6.45) is 6.42. The number of halogens is 2. The molecule has 3 aromatic carbocycles. The lowest BCUT2D eigenvalue weighted by molar-refractivity contribution is -0.144. The number of likely N-dealkylation sites (tertiary alicyclic amines) is 1. The van der Waals surface area contributed by atoms with Crippen LogP contribution in [0.5, 0.6) is 17.2 Å². The molecule has 0 bridgehead atoms. The van der Waals surface area contributed by atoms with Crippen molar-refractivity contribution in [2.45, 2.75) is 58.4 Å². The number of aromatic nitrogens is 1. The van der Waals surface area contributed by atoms with E-state index in [0.717, 1.165) is 91.2 Å². The van der Waals surface area contributed by atoms with Crippen LogP contribution in [0.15, 0.2) is 67.0 Å². The van der Waals surface area contributed by atoms with E-state index in [-0.39, 0.29) is 13.2 Å². The third-order valence-corrected chi connectivity index (χ3v) is 10.5. The lowest BCUT2D eigenvalue weighted by Crippen LogP contribution is -2.44. The maximum absolute atomic E-state index is 12.1. The molecule has 6 rings (SSSR count). The molecule has 1 N–H and O–H groups in total. The summed E-state index contributed by atoms with van der Waals surface area (Å²) in [5.41, 5.74) is 5.52. The van der Waals surface area contributed by atoms with Crippen molar-refractivity contribution in [1.82, 2.24) is 14.8 Å². The van der Waals surface area contributed by atoms with Crippen molar-refractivity contribution in [2.24, 2.45) is 0 Å². The highest BCUT2D eigenvalue weighted by Gasteiger charge is 2.29. The van der Waals surface area contributed by atoms with E-state index in [1.165, 1.54) is 6.20 Å². The summed E-state index contributed by atoms with van der Waals surface area (Å²) in [7, 11) is 0. The summed E-state index contributed by atoms with van der Waals surface area (Å²) in [5, 5.41) is 20.2. The summed E-state index contributed by atoms with van der Waals surface area (Å²) in [5.74, 6) is 0.883. The third-order valence-electron chi connectivity index (χ3n) is 9.72. The largest absolute Gasteiger partial charge is 0.493 e. The number of rotatable bonds is 15. The van der Waals surface area contributed by atoms with Gasteiger partial charge in [-0.25, -0.2) is 0 Å². The number of hydrogen-bond donors (Lipinski definition) is 1. The molecular weight excluding hydrogens is 715 g/mol. The zero-order valence-electron chi connectivity index (χ0n) is 29.9. The molecule has 4 aromatic rings. The number of nitrogens with zero attached hydrogens (tertiary/aromatic N) is 4. The summed E-state index contributed by atoms with van der Waals surface area (Å²) in [4.78, 5) is 20.5. The van der Waals surface area contributed by atoms with Crippen molar-refractivity contribution in [3.8, 4) is 34.4 Å². The number of hydrogen-bond acceptors (Lipinski definition) is 9. The summed E-state index contributed by atoms with van der Waals surface area (Å²) in [6, 6.07) is 18.6. The van der Waals surface area contributed by atoms with E-state index < -0.39 is 12.0 Å². The van der Waals surface area contributed by atoms with E-state index in [2.05, 4.69) is 16.0 Å². The summed E-state index contributed by atoms with van der Waals surface area (Å²) >= 11 is 13.9. The molecule has 2 fully saturated rings. The van der Waals surface area contributed by atoms with Gasteiger partial charge in [-0.1, -0.05) is 60.0 Å². The van der Waals surface area contributed by atoms with Crippen LogP contribution in [0.1, 0.15) is 53.5 Å². The second kappa shape index (κ2) is 18.6. The number of piperidine rings is 1. The minimum absolute atomic E-state index is 0.142. The standard InChI is InChI=1S/C41H44Cl2N4O6/c1-28-33(8-5-11-37(28)51-16-6-12-46-14-17-50-18-15-46)34-9-4-7-31(40(34)43)27-53-39-21-38(52-26-30-19-29(22-44)23-45-24-30)32(20-35(39)42)25-47-13-3-2-10-36(47)41(48)49/h4-5,7-9,11,19-21,23-24,36H,2-3,6,10,12-18,25-27H2,1H3,(H,48,49).